The van der Waals surface area contributed by atoms with Crippen LogP contribution in [0.15, 0.2) is 78.9 Å². The normalized spacial score (nSPS) is 12.0. The van der Waals surface area contributed by atoms with Gasteiger partial charge in [-0.15, -0.1) is 0 Å². The summed E-state index contributed by atoms with van der Waals surface area (Å²) < 4.78 is 2.01. The number of nitrogens with zero attached hydrogens (tertiary/aromatic N) is 2. The number of rotatable bonds is 5. The summed E-state index contributed by atoms with van der Waals surface area (Å²) in [6.45, 7) is 0. The molecule has 28 heavy (non-hydrogen) atoms. The van der Waals surface area contributed by atoms with Gasteiger partial charge in [0.2, 0.25) is 5.91 Å². The Morgan fingerprint density at radius 1 is 1.00 bits per heavy atom. The summed E-state index contributed by atoms with van der Waals surface area (Å²) in [5.74, 6) is 0.706. The second-order valence-corrected chi connectivity index (χ2v) is 6.73. The van der Waals surface area contributed by atoms with Crippen LogP contribution in [0.2, 0.25) is 0 Å². The van der Waals surface area contributed by atoms with Crippen molar-refractivity contribution in [3.05, 3.63) is 95.8 Å². The average molecular weight is 371 g/mol. The summed E-state index contributed by atoms with van der Waals surface area (Å²) in [7, 11) is 1.95. The monoisotopic (exact) mass is 371 g/mol. The zero-order valence-corrected chi connectivity index (χ0v) is 15.5. The van der Waals surface area contributed by atoms with Gasteiger partial charge >= 0.3 is 0 Å². The standard InChI is InChI=1S/C23H21N3O2/c1-26-19-13-7-6-12-18(19)24-23(26)22(16-9-3-2-4-10-16)25-21(28)15-17-11-5-8-14-20(17)27/h2-14,22,27H,15H2,1H3,(H,25,28). The molecule has 4 aromatic rings. The molecule has 0 saturated carbocycles. The highest BCUT2D eigenvalue weighted by Gasteiger charge is 2.23. The SMILES string of the molecule is Cn1c(C(NC(=O)Cc2ccccc2O)c2ccccc2)nc2ccccc21. The highest BCUT2D eigenvalue weighted by atomic mass is 16.3. The Kier molecular flexibility index (Phi) is 4.81. The van der Waals surface area contributed by atoms with Crippen LogP contribution in [0, 0.1) is 0 Å². The van der Waals surface area contributed by atoms with E-state index in [0.717, 1.165) is 22.4 Å². The molecule has 1 heterocycles. The minimum Gasteiger partial charge on any atom is -0.508 e. The molecule has 0 saturated heterocycles. The van der Waals surface area contributed by atoms with Crippen molar-refractivity contribution in [2.45, 2.75) is 12.5 Å². The Balaban J connectivity index is 1.69. The number of aryl methyl sites for hydroxylation is 1. The lowest BCUT2D eigenvalue weighted by molar-refractivity contribution is -0.121. The highest BCUT2D eigenvalue weighted by molar-refractivity contribution is 5.81. The van der Waals surface area contributed by atoms with Crippen LogP contribution >= 0.6 is 0 Å². The fraction of sp³-hybridized carbons (Fsp3) is 0.130. The van der Waals surface area contributed by atoms with E-state index in [9.17, 15) is 9.90 Å². The Hall–Kier alpha value is -3.60. The van der Waals surface area contributed by atoms with Crippen LogP contribution in [0.5, 0.6) is 5.75 Å². The first-order valence-electron chi connectivity index (χ1n) is 9.16. The van der Waals surface area contributed by atoms with Crippen molar-refractivity contribution < 1.29 is 9.90 Å². The molecule has 0 fully saturated rings. The number of para-hydroxylation sites is 3. The molecule has 1 atom stereocenters. The predicted molar refractivity (Wildman–Crippen MR) is 109 cm³/mol. The van der Waals surface area contributed by atoms with E-state index in [-0.39, 0.29) is 18.1 Å². The number of imidazole rings is 1. The second kappa shape index (κ2) is 7.56. The molecular weight excluding hydrogens is 350 g/mol. The number of aromatic nitrogens is 2. The van der Waals surface area contributed by atoms with Gasteiger partial charge in [0, 0.05) is 12.6 Å². The van der Waals surface area contributed by atoms with Crippen LogP contribution < -0.4 is 5.32 Å². The second-order valence-electron chi connectivity index (χ2n) is 6.73. The number of hydrogen-bond acceptors (Lipinski definition) is 3. The van der Waals surface area contributed by atoms with Crippen molar-refractivity contribution in [3.63, 3.8) is 0 Å². The van der Waals surface area contributed by atoms with Gasteiger partial charge in [-0.1, -0.05) is 60.7 Å². The van der Waals surface area contributed by atoms with Gasteiger partial charge in [0.25, 0.3) is 0 Å². The highest BCUT2D eigenvalue weighted by Crippen LogP contribution is 2.25. The van der Waals surface area contributed by atoms with Gasteiger partial charge in [0.05, 0.1) is 17.5 Å². The summed E-state index contributed by atoms with van der Waals surface area (Å²) in [6.07, 6.45) is 0.0972. The third kappa shape index (κ3) is 3.47. The van der Waals surface area contributed by atoms with Gasteiger partial charge in [-0.3, -0.25) is 4.79 Å². The molecule has 0 spiro atoms. The predicted octanol–water partition coefficient (Wildman–Crippen LogP) is 3.73. The Labute approximate surface area is 163 Å². The van der Waals surface area contributed by atoms with Gasteiger partial charge in [-0.05, 0) is 23.8 Å². The number of aromatic hydroxyl groups is 1. The Morgan fingerprint density at radius 2 is 1.68 bits per heavy atom. The third-order valence-electron chi connectivity index (χ3n) is 4.86. The maximum atomic E-state index is 12.8. The molecule has 0 bridgehead atoms. The average Bonchev–Trinajstić information content (AvgIpc) is 3.05. The van der Waals surface area contributed by atoms with Crippen molar-refractivity contribution >= 4 is 16.9 Å². The number of carbonyl (C=O) groups excluding carboxylic acids is 1. The van der Waals surface area contributed by atoms with Crippen LogP contribution in [0.1, 0.15) is 23.0 Å². The summed E-state index contributed by atoms with van der Waals surface area (Å²) >= 11 is 0. The molecule has 0 aliphatic carbocycles. The van der Waals surface area contributed by atoms with Crippen LogP contribution in [-0.2, 0) is 18.3 Å². The molecule has 1 aromatic heterocycles. The summed E-state index contributed by atoms with van der Waals surface area (Å²) in [5, 5.41) is 13.1. The molecule has 5 heteroatoms. The zero-order valence-electron chi connectivity index (χ0n) is 15.5. The lowest BCUT2D eigenvalue weighted by Gasteiger charge is -2.19. The number of phenols is 1. The third-order valence-corrected chi connectivity index (χ3v) is 4.86. The lowest BCUT2D eigenvalue weighted by atomic mass is 10.0. The van der Waals surface area contributed by atoms with E-state index in [1.165, 1.54) is 0 Å². The number of amides is 1. The van der Waals surface area contributed by atoms with E-state index < -0.39 is 6.04 Å². The van der Waals surface area contributed by atoms with E-state index in [2.05, 4.69) is 5.32 Å². The van der Waals surface area contributed by atoms with Crippen LogP contribution in [0.25, 0.3) is 11.0 Å². The first-order valence-corrected chi connectivity index (χ1v) is 9.16. The van der Waals surface area contributed by atoms with E-state index in [1.807, 2.05) is 72.3 Å². The van der Waals surface area contributed by atoms with Gasteiger partial charge in [-0.25, -0.2) is 4.98 Å². The van der Waals surface area contributed by atoms with Crippen LogP contribution in [-0.4, -0.2) is 20.6 Å². The number of benzene rings is 3. The smallest absolute Gasteiger partial charge is 0.225 e. The maximum Gasteiger partial charge on any atom is 0.225 e. The fourth-order valence-electron chi connectivity index (χ4n) is 3.41. The number of nitrogens with one attached hydrogen (secondary N) is 1. The van der Waals surface area contributed by atoms with Gasteiger partial charge in [0.15, 0.2) is 0 Å². The van der Waals surface area contributed by atoms with E-state index >= 15 is 0 Å². The van der Waals surface area contributed by atoms with Gasteiger partial charge < -0.3 is 15.0 Å². The Morgan fingerprint density at radius 3 is 2.43 bits per heavy atom. The minimum atomic E-state index is -0.392. The van der Waals surface area contributed by atoms with Crippen molar-refractivity contribution in [2.75, 3.05) is 0 Å². The molecule has 1 amide bonds. The van der Waals surface area contributed by atoms with Crippen molar-refractivity contribution in [1.29, 1.82) is 0 Å². The molecule has 0 radical (unpaired) electrons. The number of fused-ring (bicyclic) bond motifs is 1. The molecule has 2 N–H and O–H groups in total. The molecule has 140 valence electrons. The number of carbonyl (C=O) groups is 1. The molecular formula is C23H21N3O2. The van der Waals surface area contributed by atoms with Crippen LogP contribution in [0.4, 0.5) is 0 Å². The van der Waals surface area contributed by atoms with Crippen molar-refractivity contribution in [1.82, 2.24) is 14.9 Å². The molecule has 4 rings (SSSR count). The van der Waals surface area contributed by atoms with Crippen molar-refractivity contribution in [2.24, 2.45) is 7.05 Å². The Bertz CT molecular complexity index is 1120. The maximum absolute atomic E-state index is 12.8. The molecule has 0 aliphatic rings. The van der Waals surface area contributed by atoms with Gasteiger partial charge in [0.1, 0.15) is 17.6 Å². The largest absolute Gasteiger partial charge is 0.508 e. The zero-order chi connectivity index (χ0) is 19.5. The summed E-state index contributed by atoms with van der Waals surface area (Å²) in [6, 6.07) is 24.2. The van der Waals surface area contributed by atoms with E-state index in [0.29, 0.717) is 5.56 Å². The summed E-state index contributed by atoms with van der Waals surface area (Å²) in [5.41, 5.74) is 3.44. The quantitative estimate of drug-likeness (QED) is 0.562. The van der Waals surface area contributed by atoms with Crippen molar-refractivity contribution in [3.8, 4) is 5.75 Å². The van der Waals surface area contributed by atoms with Crippen LogP contribution in [0.3, 0.4) is 0 Å². The molecule has 0 aliphatic heterocycles. The topological polar surface area (TPSA) is 67.2 Å². The van der Waals surface area contributed by atoms with E-state index in [4.69, 9.17) is 4.98 Å². The molecule has 5 nitrogen and oxygen atoms in total. The molecule has 3 aromatic carbocycles. The molecule has 1 unspecified atom stereocenters. The summed E-state index contributed by atoms with van der Waals surface area (Å²) in [4.78, 5) is 17.6. The first kappa shape index (κ1) is 17.8. The number of hydrogen-bond donors (Lipinski definition) is 2. The first-order chi connectivity index (χ1) is 13.6. The lowest BCUT2D eigenvalue weighted by Crippen LogP contribution is -2.32. The number of phenolic OH excluding ortho intramolecular Hbond substituents is 1. The minimum absolute atomic E-state index is 0.0972. The van der Waals surface area contributed by atoms with E-state index in [1.54, 1.807) is 18.2 Å². The fourth-order valence-corrected chi connectivity index (χ4v) is 3.41. The van der Waals surface area contributed by atoms with Gasteiger partial charge in [-0.2, -0.15) is 0 Å².